The molecule has 0 fully saturated rings. The minimum Gasteiger partial charge on any atom is -0.481 e. The zero-order valence-corrected chi connectivity index (χ0v) is 11.5. The van der Waals surface area contributed by atoms with Crippen molar-refractivity contribution in [2.75, 3.05) is 13.7 Å². The second kappa shape index (κ2) is 6.29. The molecule has 0 aliphatic heterocycles. The lowest BCUT2D eigenvalue weighted by Crippen LogP contribution is -2.25. The maximum Gasteiger partial charge on any atom is 0.217 e. The molecule has 1 atom stereocenters. The van der Waals surface area contributed by atoms with E-state index in [0.717, 1.165) is 24.4 Å². The SMILES string of the molecule is CCNC(Cc1ncnn1C)c1cccnc1OC. The third kappa shape index (κ3) is 3.08. The van der Waals surface area contributed by atoms with E-state index in [1.807, 2.05) is 19.2 Å². The Hall–Kier alpha value is -1.95. The van der Waals surface area contributed by atoms with Crippen molar-refractivity contribution in [3.05, 3.63) is 36.0 Å². The van der Waals surface area contributed by atoms with Crippen LogP contribution in [-0.4, -0.2) is 33.4 Å². The summed E-state index contributed by atoms with van der Waals surface area (Å²) >= 11 is 0. The fourth-order valence-corrected chi connectivity index (χ4v) is 2.07. The van der Waals surface area contributed by atoms with Crippen molar-refractivity contribution in [2.45, 2.75) is 19.4 Å². The van der Waals surface area contributed by atoms with Gasteiger partial charge < -0.3 is 10.1 Å². The van der Waals surface area contributed by atoms with E-state index in [-0.39, 0.29) is 6.04 Å². The molecule has 102 valence electrons. The van der Waals surface area contributed by atoms with Crippen molar-refractivity contribution >= 4 is 0 Å². The average molecular weight is 261 g/mol. The molecule has 0 saturated heterocycles. The van der Waals surface area contributed by atoms with Crippen molar-refractivity contribution in [3.8, 4) is 5.88 Å². The molecule has 6 heteroatoms. The summed E-state index contributed by atoms with van der Waals surface area (Å²) in [6, 6.07) is 4.05. The number of likely N-dealkylation sites (N-methyl/N-ethyl adjacent to an activating group) is 1. The molecular weight excluding hydrogens is 242 g/mol. The van der Waals surface area contributed by atoms with Gasteiger partial charge in [-0.3, -0.25) is 4.68 Å². The van der Waals surface area contributed by atoms with Crippen LogP contribution in [0.15, 0.2) is 24.7 Å². The van der Waals surface area contributed by atoms with Gasteiger partial charge in [0.2, 0.25) is 5.88 Å². The molecule has 19 heavy (non-hydrogen) atoms. The predicted octanol–water partition coefficient (Wildman–Crippen LogP) is 1.11. The van der Waals surface area contributed by atoms with Gasteiger partial charge in [0.1, 0.15) is 12.2 Å². The lowest BCUT2D eigenvalue weighted by atomic mass is 10.0. The molecule has 1 N–H and O–H groups in total. The molecule has 0 saturated carbocycles. The smallest absolute Gasteiger partial charge is 0.217 e. The Morgan fingerprint density at radius 2 is 2.26 bits per heavy atom. The number of nitrogens with one attached hydrogen (secondary N) is 1. The molecule has 2 aromatic heterocycles. The van der Waals surface area contributed by atoms with E-state index in [4.69, 9.17) is 4.74 Å². The fraction of sp³-hybridized carbons (Fsp3) is 0.462. The maximum absolute atomic E-state index is 5.33. The molecule has 0 aliphatic carbocycles. The van der Waals surface area contributed by atoms with Crippen LogP contribution in [0.3, 0.4) is 0 Å². The molecular formula is C13H19N5O. The molecule has 2 rings (SSSR count). The van der Waals surface area contributed by atoms with Crippen LogP contribution in [0.5, 0.6) is 5.88 Å². The zero-order valence-electron chi connectivity index (χ0n) is 11.5. The van der Waals surface area contributed by atoms with Crippen molar-refractivity contribution in [1.29, 1.82) is 0 Å². The number of methoxy groups -OCH3 is 1. The van der Waals surface area contributed by atoms with E-state index >= 15 is 0 Å². The number of pyridine rings is 1. The van der Waals surface area contributed by atoms with Crippen molar-refractivity contribution in [2.24, 2.45) is 7.05 Å². The average Bonchev–Trinajstić information content (AvgIpc) is 2.84. The van der Waals surface area contributed by atoms with Crippen molar-refractivity contribution < 1.29 is 4.74 Å². The van der Waals surface area contributed by atoms with E-state index < -0.39 is 0 Å². The van der Waals surface area contributed by atoms with Gasteiger partial charge in [-0.05, 0) is 12.6 Å². The standard InChI is InChI=1S/C13H19N5O/c1-4-14-11(8-12-16-9-17-18(12)2)10-6-5-7-15-13(10)19-3/h5-7,9,11,14H,4,8H2,1-3H3. The van der Waals surface area contributed by atoms with Gasteiger partial charge in [0.15, 0.2) is 0 Å². The van der Waals surface area contributed by atoms with E-state index in [1.54, 1.807) is 24.3 Å². The van der Waals surface area contributed by atoms with Crippen LogP contribution in [0.1, 0.15) is 24.4 Å². The Balaban J connectivity index is 2.27. The van der Waals surface area contributed by atoms with Crippen LogP contribution in [0, 0.1) is 0 Å². The number of aromatic nitrogens is 4. The first-order chi connectivity index (χ1) is 9.26. The fourth-order valence-electron chi connectivity index (χ4n) is 2.07. The molecule has 6 nitrogen and oxygen atoms in total. The number of ether oxygens (including phenoxy) is 1. The van der Waals surface area contributed by atoms with Crippen molar-refractivity contribution in [1.82, 2.24) is 25.1 Å². The highest BCUT2D eigenvalue weighted by molar-refractivity contribution is 5.29. The minimum atomic E-state index is 0.108. The van der Waals surface area contributed by atoms with Gasteiger partial charge in [-0.15, -0.1) is 0 Å². The van der Waals surface area contributed by atoms with E-state index in [2.05, 4.69) is 27.3 Å². The monoisotopic (exact) mass is 261 g/mol. The number of aryl methyl sites for hydroxylation is 1. The van der Waals surface area contributed by atoms with Crippen LogP contribution >= 0.6 is 0 Å². The molecule has 2 heterocycles. The summed E-state index contributed by atoms with van der Waals surface area (Å²) in [6.45, 7) is 2.94. The first kappa shape index (κ1) is 13.5. The summed E-state index contributed by atoms with van der Waals surface area (Å²) in [5.41, 5.74) is 1.04. The predicted molar refractivity (Wildman–Crippen MR) is 71.9 cm³/mol. The molecule has 0 bridgehead atoms. The maximum atomic E-state index is 5.33. The zero-order chi connectivity index (χ0) is 13.7. The van der Waals surface area contributed by atoms with Gasteiger partial charge in [-0.25, -0.2) is 9.97 Å². The molecule has 0 spiro atoms. The van der Waals surface area contributed by atoms with Crippen LogP contribution in [0.2, 0.25) is 0 Å². The van der Waals surface area contributed by atoms with Crippen LogP contribution in [0.25, 0.3) is 0 Å². The van der Waals surface area contributed by atoms with Crippen molar-refractivity contribution in [3.63, 3.8) is 0 Å². The lowest BCUT2D eigenvalue weighted by Gasteiger charge is -2.19. The highest BCUT2D eigenvalue weighted by atomic mass is 16.5. The third-order valence-electron chi connectivity index (χ3n) is 3.01. The lowest BCUT2D eigenvalue weighted by molar-refractivity contribution is 0.381. The Kier molecular flexibility index (Phi) is 4.46. The van der Waals surface area contributed by atoms with E-state index in [9.17, 15) is 0 Å². The second-order valence-electron chi connectivity index (χ2n) is 4.22. The topological polar surface area (TPSA) is 64.9 Å². The highest BCUT2D eigenvalue weighted by Gasteiger charge is 2.18. The highest BCUT2D eigenvalue weighted by Crippen LogP contribution is 2.24. The van der Waals surface area contributed by atoms with Gasteiger partial charge in [-0.1, -0.05) is 13.0 Å². The van der Waals surface area contributed by atoms with E-state index in [0.29, 0.717) is 5.88 Å². The summed E-state index contributed by atoms with van der Waals surface area (Å²) in [6.07, 6.45) is 4.04. The second-order valence-corrected chi connectivity index (χ2v) is 4.22. The molecule has 0 aliphatic rings. The van der Waals surface area contributed by atoms with Gasteiger partial charge in [0.05, 0.1) is 7.11 Å². The molecule has 0 amide bonds. The summed E-state index contributed by atoms with van der Waals surface area (Å²) < 4.78 is 7.11. The summed E-state index contributed by atoms with van der Waals surface area (Å²) in [5.74, 6) is 1.58. The summed E-state index contributed by atoms with van der Waals surface area (Å²) in [7, 11) is 3.53. The molecule has 0 radical (unpaired) electrons. The van der Waals surface area contributed by atoms with Gasteiger partial charge in [-0.2, -0.15) is 5.10 Å². The molecule has 2 aromatic rings. The van der Waals surface area contributed by atoms with Gasteiger partial charge >= 0.3 is 0 Å². The first-order valence-electron chi connectivity index (χ1n) is 6.31. The Morgan fingerprint density at radius 3 is 2.89 bits per heavy atom. The van der Waals surface area contributed by atoms with Crippen LogP contribution in [-0.2, 0) is 13.5 Å². The normalized spacial score (nSPS) is 12.4. The largest absolute Gasteiger partial charge is 0.481 e. The first-order valence-corrected chi connectivity index (χ1v) is 6.31. The quantitative estimate of drug-likeness (QED) is 0.844. The van der Waals surface area contributed by atoms with Gasteiger partial charge in [0.25, 0.3) is 0 Å². The summed E-state index contributed by atoms with van der Waals surface area (Å²) in [5, 5.41) is 7.53. The Bertz CT molecular complexity index is 525. The summed E-state index contributed by atoms with van der Waals surface area (Å²) in [4.78, 5) is 8.52. The number of rotatable bonds is 6. The van der Waals surface area contributed by atoms with Gasteiger partial charge in [0, 0.05) is 31.3 Å². The molecule has 0 aromatic carbocycles. The number of hydrogen-bond donors (Lipinski definition) is 1. The number of nitrogens with zero attached hydrogens (tertiary/aromatic N) is 4. The minimum absolute atomic E-state index is 0.108. The van der Waals surface area contributed by atoms with Crippen LogP contribution in [0.4, 0.5) is 0 Å². The van der Waals surface area contributed by atoms with E-state index in [1.165, 1.54) is 0 Å². The Labute approximate surface area is 112 Å². The Morgan fingerprint density at radius 1 is 1.42 bits per heavy atom. The number of hydrogen-bond acceptors (Lipinski definition) is 5. The van der Waals surface area contributed by atoms with Crippen LogP contribution < -0.4 is 10.1 Å². The molecule has 1 unspecified atom stereocenters. The third-order valence-corrected chi connectivity index (χ3v) is 3.01.